The van der Waals surface area contributed by atoms with Gasteiger partial charge in [0.2, 0.25) is 5.91 Å². The van der Waals surface area contributed by atoms with E-state index in [2.05, 4.69) is 0 Å². The molecular formula is C12H12ClNO5S2. The molecule has 1 atom stereocenters. The van der Waals surface area contributed by atoms with E-state index in [1.54, 1.807) is 6.92 Å². The largest absolute Gasteiger partial charge is 0.480 e. The normalized spacial score (nSPS) is 18.8. The molecule has 0 fully saturated rings. The number of carboxylic acids is 1. The molecule has 0 aliphatic carbocycles. The fourth-order valence-corrected chi connectivity index (χ4v) is 5.23. The minimum absolute atomic E-state index is 0.0895. The van der Waals surface area contributed by atoms with Crippen LogP contribution < -0.4 is 0 Å². The first kappa shape index (κ1) is 16.1. The summed E-state index contributed by atoms with van der Waals surface area (Å²) in [6.07, 6.45) is 0. The highest BCUT2D eigenvalue weighted by atomic mass is 35.5. The molecule has 1 aliphatic rings. The molecule has 1 aromatic rings. The van der Waals surface area contributed by atoms with E-state index in [1.165, 1.54) is 12.1 Å². The van der Waals surface area contributed by atoms with E-state index < -0.39 is 27.9 Å². The number of thioether (sulfide) groups is 1. The van der Waals surface area contributed by atoms with E-state index in [0.717, 1.165) is 18.7 Å². The third-order valence-corrected chi connectivity index (χ3v) is 6.58. The lowest BCUT2D eigenvalue weighted by molar-refractivity contribution is -0.144. The first-order valence-electron chi connectivity index (χ1n) is 5.89. The number of sulfonamides is 1. The Hall–Kier alpha value is -1.25. The van der Waals surface area contributed by atoms with Crippen LogP contribution in [0.5, 0.6) is 0 Å². The predicted molar refractivity (Wildman–Crippen MR) is 78.0 cm³/mol. The smallest absolute Gasteiger partial charge is 0.327 e. The van der Waals surface area contributed by atoms with Crippen molar-refractivity contribution in [1.82, 2.24) is 4.31 Å². The number of carbonyl (C=O) groups excluding carboxylic acids is 1. The number of nitrogens with zero attached hydrogens (tertiary/aromatic N) is 1. The summed E-state index contributed by atoms with van der Waals surface area (Å²) in [7, 11) is -4.23. The van der Waals surface area contributed by atoms with Crippen molar-refractivity contribution in [3.8, 4) is 0 Å². The quantitative estimate of drug-likeness (QED) is 0.874. The van der Waals surface area contributed by atoms with Crippen molar-refractivity contribution in [3.63, 3.8) is 0 Å². The summed E-state index contributed by atoms with van der Waals surface area (Å²) in [4.78, 5) is 23.4. The number of amides is 1. The summed E-state index contributed by atoms with van der Waals surface area (Å²) in [6, 6.07) is 1.38. The predicted octanol–water partition coefficient (Wildman–Crippen LogP) is 1.74. The van der Waals surface area contributed by atoms with Crippen molar-refractivity contribution in [2.24, 2.45) is 0 Å². The molecule has 0 saturated carbocycles. The molecule has 1 aromatic carbocycles. The van der Waals surface area contributed by atoms with Crippen LogP contribution in [0.1, 0.15) is 12.5 Å². The summed E-state index contributed by atoms with van der Waals surface area (Å²) in [5, 5.41) is 9.43. The Morgan fingerprint density at radius 1 is 1.48 bits per heavy atom. The number of carbonyl (C=O) groups is 2. The van der Waals surface area contributed by atoms with Gasteiger partial charge in [-0.1, -0.05) is 11.6 Å². The van der Waals surface area contributed by atoms with Crippen molar-refractivity contribution in [2.45, 2.75) is 29.7 Å². The summed E-state index contributed by atoms with van der Waals surface area (Å²) in [6.45, 7) is 2.80. The highest BCUT2D eigenvalue weighted by molar-refractivity contribution is 8.01. The fraction of sp³-hybridized carbons (Fsp3) is 0.333. The zero-order chi connectivity index (χ0) is 15.9. The third-order valence-electron chi connectivity index (χ3n) is 3.07. The van der Waals surface area contributed by atoms with Crippen LogP contribution in [-0.2, 0) is 19.6 Å². The monoisotopic (exact) mass is 349 g/mol. The van der Waals surface area contributed by atoms with Gasteiger partial charge in [-0.15, -0.1) is 11.8 Å². The Bertz CT molecular complexity index is 731. The van der Waals surface area contributed by atoms with Crippen LogP contribution in [0.4, 0.5) is 0 Å². The lowest BCUT2D eigenvalue weighted by Crippen LogP contribution is -2.47. The number of aryl methyl sites for hydroxylation is 1. The van der Waals surface area contributed by atoms with Crippen molar-refractivity contribution in [1.29, 1.82) is 0 Å². The maximum atomic E-state index is 12.6. The maximum absolute atomic E-state index is 12.6. The van der Waals surface area contributed by atoms with Gasteiger partial charge in [-0.25, -0.2) is 17.5 Å². The van der Waals surface area contributed by atoms with E-state index in [-0.39, 0.29) is 10.6 Å². The summed E-state index contributed by atoms with van der Waals surface area (Å²) < 4.78 is 25.7. The zero-order valence-electron chi connectivity index (χ0n) is 11.2. The molecule has 0 radical (unpaired) electrons. The van der Waals surface area contributed by atoms with Gasteiger partial charge in [0.1, 0.15) is 10.9 Å². The van der Waals surface area contributed by atoms with Crippen molar-refractivity contribution in [3.05, 3.63) is 22.7 Å². The molecule has 9 heteroatoms. The Labute approximate surface area is 131 Å². The van der Waals surface area contributed by atoms with Gasteiger partial charge in [-0.2, -0.15) is 0 Å². The van der Waals surface area contributed by atoms with Gasteiger partial charge in [0, 0.05) is 9.92 Å². The molecule has 0 aromatic heterocycles. The van der Waals surface area contributed by atoms with Crippen molar-refractivity contribution in [2.75, 3.05) is 5.75 Å². The van der Waals surface area contributed by atoms with Gasteiger partial charge < -0.3 is 5.11 Å². The fourth-order valence-electron chi connectivity index (χ4n) is 1.92. The number of benzene rings is 1. The van der Waals surface area contributed by atoms with Crippen molar-refractivity contribution >= 4 is 45.3 Å². The van der Waals surface area contributed by atoms with Crippen LogP contribution in [0.2, 0.25) is 5.02 Å². The number of fused-ring (bicyclic) bond motifs is 1. The van der Waals surface area contributed by atoms with Crippen LogP contribution in [0, 0.1) is 6.92 Å². The summed E-state index contributed by atoms with van der Waals surface area (Å²) in [5.74, 6) is -2.31. The molecule has 0 spiro atoms. The van der Waals surface area contributed by atoms with Gasteiger partial charge >= 0.3 is 5.97 Å². The van der Waals surface area contributed by atoms with Gasteiger partial charge in [-0.05, 0) is 31.5 Å². The van der Waals surface area contributed by atoms with Gasteiger partial charge in [-0.3, -0.25) is 4.79 Å². The van der Waals surface area contributed by atoms with E-state index >= 15 is 0 Å². The van der Waals surface area contributed by atoms with Crippen LogP contribution in [0.25, 0.3) is 0 Å². The van der Waals surface area contributed by atoms with E-state index in [0.29, 0.717) is 19.8 Å². The Kier molecular flexibility index (Phi) is 4.23. The maximum Gasteiger partial charge on any atom is 0.327 e. The van der Waals surface area contributed by atoms with Crippen LogP contribution in [0.3, 0.4) is 0 Å². The molecule has 21 heavy (non-hydrogen) atoms. The van der Waals surface area contributed by atoms with Gasteiger partial charge in [0.15, 0.2) is 0 Å². The van der Waals surface area contributed by atoms with Crippen LogP contribution in [-0.4, -0.2) is 41.5 Å². The Morgan fingerprint density at radius 2 is 2.10 bits per heavy atom. The molecule has 0 bridgehead atoms. The second-order valence-corrected chi connectivity index (χ2v) is 7.75. The number of hydrogen-bond acceptors (Lipinski definition) is 5. The highest BCUT2D eigenvalue weighted by Gasteiger charge is 2.40. The van der Waals surface area contributed by atoms with Gasteiger partial charge in [0.05, 0.1) is 5.75 Å². The SMILES string of the molecule is Cc1cc2c(cc1Cl)SCC(=O)N(C(C)C(=O)O)S2(=O)=O. The second-order valence-electron chi connectivity index (χ2n) is 4.55. The van der Waals surface area contributed by atoms with Crippen LogP contribution >= 0.6 is 23.4 Å². The van der Waals surface area contributed by atoms with E-state index in [9.17, 15) is 18.0 Å². The molecule has 1 aliphatic heterocycles. The summed E-state index contributed by atoms with van der Waals surface area (Å²) >= 11 is 7.00. The molecule has 114 valence electrons. The molecule has 0 saturated heterocycles. The number of hydrogen-bond donors (Lipinski definition) is 1. The first-order valence-corrected chi connectivity index (χ1v) is 8.69. The molecule has 2 rings (SSSR count). The average molecular weight is 350 g/mol. The average Bonchev–Trinajstić information content (AvgIpc) is 2.46. The second kappa shape index (κ2) is 5.51. The minimum Gasteiger partial charge on any atom is -0.480 e. The highest BCUT2D eigenvalue weighted by Crippen LogP contribution is 2.37. The molecule has 1 heterocycles. The lowest BCUT2D eigenvalue weighted by Gasteiger charge is -2.24. The minimum atomic E-state index is -4.23. The topological polar surface area (TPSA) is 91.8 Å². The molecular weight excluding hydrogens is 338 g/mol. The zero-order valence-corrected chi connectivity index (χ0v) is 13.5. The van der Waals surface area contributed by atoms with Crippen molar-refractivity contribution < 1.29 is 23.1 Å². The number of halogens is 1. The Morgan fingerprint density at radius 3 is 2.67 bits per heavy atom. The number of aliphatic carboxylic acids is 1. The Balaban J connectivity index is 2.69. The molecule has 1 amide bonds. The molecule has 6 nitrogen and oxygen atoms in total. The lowest BCUT2D eigenvalue weighted by atomic mass is 10.2. The standard InChI is InChI=1S/C12H12ClNO5S2/c1-6-3-10-9(4-8(6)13)20-5-11(15)14(21(10,18)19)7(2)12(16)17/h3-4,7H,5H2,1-2H3,(H,16,17). The molecule has 1 N–H and O–H groups in total. The molecule has 1 unspecified atom stereocenters. The first-order chi connectivity index (χ1) is 9.66. The third kappa shape index (κ3) is 2.75. The number of carboxylic acid groups (broad SMARTS) is 1. The summed E-state index contributed by atoms with van der Waals surface area (Å²) in [5.41, 5.74) is 0.539. The van der Waals surface area contributed by atoms with Gasteiger partial charge in [0.25, 0.3) is 10.0 Å². The van der Waals surface area contributed by atoms with E-state index in [4.69, 9.17) is 16.7 Å². The van der Waals surface area contributed by atoms with E-state index in [1.807, 2.05) is 0 Å². The van der Waals surface area contributed by atoms with Crippen LogP contribution in [0.15, 0.2) is 21.9 Å². The number of rotatable bonds is 2.